The van der Waals surface area contributed by atoms with Crippen molar-refractivity contribution in [2.24, 2.45) is 0 Å². The van der Waals surface area contributed by atoms with Crippen LogP contribution >= 0.6 is 0 Å². The van der Waals surface area contributed by atoms with E-state index in [1.54, 1.807) is 18.2 Å². The summed E-state index contributed by atoms with van der Waals surface area (Å²) in [7, 11) is 0. The zero-order chi connectivity index (χ0) is 17.1. The summed E-state index contributed by atoms with van der Waals surface area (Å²) in [6.45, 7) is 9.96. The molecule has 2 aromatic rings. The van der Waals surface area contributed by atoms with Crippen LogP contribution in [0.1, 0.15) is 43.6 Å². The average Bonchev–Trinajstić information content (AvgIpc) is 2.55. The third-order valence-corrected chi connectivity index (χ3v) is 2.60. The number of carbonyl (C=O) groups is 1. The van der Waals surface area contributed by atoms with Gasteiger partial charge in [0.05, 0.1) is 5.69 Å². The van der Waals surface area contributed by atoms with Gasteiger partial charge >= 0.3 is 0 Å². The molecule has 0 fully saturated rings. The maximum atomic E-state index is 11.9. The number of amides is 1. The molecule has 4 N–H and O–H groups in total. The van der Waals surface area contributed by atoms with Crippen LogP contribution in [0.5, 0.6) is 5.75 Å². The molecule has 0 aliphatic rings. The number of hydrogen-bond donors (Lipinski definition) is 3. The number of phenols is 1. The minimum absolute atomic E-state index is 0.00309. The molecule has 0 aliphatic carbocycles. The van der Waals surface area contributed by atoms with Crippen molar-refractivity contribution >= 4 is 17.3 Å². The topological polar surface area (TPSA) is 75.3 Å². The largest absolute Gasteiger partial charge is 0.506 e. The predicted molar refractivity (Wildman–Crippen MR) is 94.3 cm³/mol. The first-order valence-electron chi connectivity index (χ1n) is 7.53. The van der Waals surface area contributed by atoms with Crippen molar-refractivity contribution in [3.8, 4) is 5.75 Å². The molecule has 4 heteroatoms. The standard InChI is InChI=1S/C14H14N2O2.2C2H6/c1-9-2-4-10(5-3-9)14(18)16-11-6-7-13(17)12(15)8-11;2*1-2/h2-8,17H,15H2,1H3,(H,16,18);2*1-2H3. The molecule has 120 valence electrons. The predicted octanol–water partition coefficient (Wildman–Crippen LogP) is 4.59. The van der Waals surface area contributed by atoms with Crippen molar-refractivity contribution in [1.29, 1.82) is 0 Å². The zero-order valence-electron chi connectivity index (χ0n) is 14.0. The lowest BCUT2D eigenvalue weighted by molar-refractivity contribution is 0.102. The maximum absolute atomic E-state index is 11.9. The van der Waals surface area contributed by atoms with Crippen LogP contribution in [0.15, 0.2) is 42.5 Å². The van der Waals surface area contributed by atoms with Crippen LogP contribution in [0.4, 0.5) is 11.4 Å². The van der Waals surface area contributed by atoms with Gasteiger partial charge in [-0.05, 0) is 37.3 Å². The molecule has 0 aliphatic heterocycles. The molecule has 0 radical (unpaired) electrons. The first kappa shape index (κ1) is 19.5. The minimum Gasteiger partial charge on any atom is -0.506 e. The van der Waals surface area contributed by atoms with Crippen LogP contribution < -0.4 is 11.1 Å². The van der Waals surface area contributed by atoms with Crippen molar-refractivity contribution in [3.63, 3.8) is 0 Å². The summed E-state index contributed by atoms with van der Waals surface area (Å²) in [4.78, 5) is 11.9. The zero-order valence-corrected chi connectivity index (χ0v) is 14.0. The second kappa shape index (κ2) is 10.3. The van der Waals surface area contributed by atoms with Gasteiger partial charge in [0.25, 0.3) is 5.91 Å². The number of nitrogen functional groups attached to an aromatic ring is 1. The first-order chi connectivity index (χ1) is 10.6. The number of hydrogen-bond acceptors (Lipinski definition) is 3. The molecule has 0 heterocycles. The Morgan fingerprint density at radius 2 is 1.55 bits per heavy atom. The number of benzene rings is 2. The van der Waals surface area contributed by atoms with Gasteiger partial charge in [0.1, 0.15) is 5.75 Å². The van der Waals surface area contributed by atoms with Gasteiger partial charge in [-0.3, -0.25) is 4.79 Å². The maximum Gasteiger partial charge on any atom is 0.255 e. The van der Waals surface area contributed by atoms with Gasteiger partial charge in [-0.25, -0.2) is 0 Å². The Balaban J connectivity index is 0.00000102. The monoisotopic (exact) mass is 302 g/mol. The lowest BCUT2D eigenvalue weighted by Gasteiger charge is -2.07. The highest BCUT2D eigenvalue weighted by atomic mass is 16.3. The number of aryl methyl sites for hydroxylation is 1. The minimum atomic E-state index is -0.208. The van der Waals surface area contributed by atoms with Crippen LogP contribution in [-0.4, -0.2) is 11.0 Å². The number of nitrogens with one attached hydrogen (secondary N) is 1. The fourth-order valence-corrected chi connectivity index (χ4v) is 1.54. The summed E-state index contributed by atoms with van der Waals surface area (Å²) < 4.78 is 0. The molecule has 22 heavy (non-hydrogen) atoms. The number of carbonyl (C=O) groups excluding carboxylic acids is 1. The molecule has 0 atom stereocenters. The number of rotatable bonds is 2. The van der Waals surface area contributed by atoms with Gasteiger partial charge in [0, 0.05) is 11.3 Å². The van der Waals surface area contributed by atoms with Gasteiger partial charge in [-0.2, -0.15) is 0 Å². The summed E-state index contributed by atoms with van der Waals surface area (Å²) in [5, 5.41) is 12.0. The van der Waals surface area contributed by atoms with Crippen molar-refractivity contribution in [1.82, 2.24) is 0 Å². The van der Waals surface area contributed by atoms with E-state index < -0.39 is 0 Å². The van der Waals surface area contributed by atoms with E-state index in [2.05, 4.69) is 5.32 Å². The third-order valence-electron chi connectivity index (χ3n) is 2.60. The Hall–Kier alpha value is -2.49. The van der Waals surface area contributed by atoms with Crippen molar-refractivity contribution in [3.05, 3.63) is 53.6 Å². The molecule has 0 saturated heterocycles. The summed E-state index contributed by atoms with van der Waals surface area (Å²) in [5.74, 6) is -0.205. The van der Waals surface area contributed by atoms with Gasteiger partial charge in [0.15, 0.2) is 0 Å². The fourth-order valence-electron chi connectivity index (χ4n) is 1.54. The van der Waals surface area contributed by atoms with E-state index in [0.717, 1.165) is 5.56 Å². The van der Waals surface area contributed by atoms with E-state index in [1.165, 1.54) is 12.1 Å². The van der Waals surface area contributed by atoms with Crippen molar-refractivity contribution in [2.45, 2.75) is 34.6 Å². The van der Waals surface area contributed by atoms with E-state index in [-0.39, 0.29) is 17.3 Å². The Bertz CT molecular complexity index is 578. The van der Waals surface area contributed by atoms with Crippen molar-refractivity contribution < 1.29 is 9.90 Å². The quantitative estimate of drug-likeness (QED) is 0.431. The molecular formula is C18H26N2O2. The summed E-state index contributed by atoms with van der Waals surface area (Å²) in [6.07, 6.45) is 0. The lowest BCUT2D eigenvalue weighted by atomic mass is 10.1. The molecule has 0 aromatic heterocycles. The van der Waals surface area contributed by atoms with Crippen LogP contribution in [0.3, 0.4) is 0 Å². The fraction of sp³-hybridized carbons (Fsp3) is 0.278. The molecule has 0 unspecified atom stereocenters. The molecule has 0 spiro atoms. The summed E-state index contributed by atoms with van der Waals surface area (Å²) in [6, 6.07) is 11.8. The van der Waals surface area contributed by atoms with Crippen molar-refractivity contribution in [2.75, 3.05) is 11.1 Å². The highest BCUT2D eigenvalue weighted by molar-refractivity contribution is 6.04. The van der Waals surface area contributed by atoms with E-state index >= 15 is 0 Å². The Kier molecular flexibility index (Phi) is 9.11. The number of nitrogens with two attached hydrogens (primary N) is 1. The second-order valence-electron chi connectivity index (χ2n) is 4.09. The highest BCUT2D eigenvalue weighted by Crippen LogP contribution is 2.23. The van der Waals surface area contributed by atoms with Gasteiger partial charge in [0.2, 0.25) is 0 Å². The summed E-state index contributed by atoms with van der Waals surface area (Å²) >= 11 is 0. The Morgan fingerprint density at radius 1 is 1.00 bits per heavy atom. The highest BCUT2D eigenvalue weighted by Gasteiger charge is 2.06. The molecule has 0 bridgehead atoms. The van der Waals surface area contributed by atoms with Crippen LogP contribution in [0.2, 0.25) is 0 Å². The smallest absolute Gasteiger partial charge is 0.255 e. The normalized spacial score (nSPS) is 8.77. The number of anilines is 2. The summed E-state index contributed by atoms with van der Waals surface area (Å²) in [5.41, 5.74) is 8.01. The number of aromatic hydroxyl groups is 1. The second-order valence-corrected chi connectivity index (χ2v) is 4.09. The molecule has 4 nitrogen and oxygen atoms in total. The van der Waals surface area contributed by atoms with E-state index in [1.807, 2.05) is 46.8 Å². The average molecular weight is 302 g/mol. The Labute approximate surface area is 133 Å². The number of phenolic OH excluding ortho intramolecular Hbond substituents is 1. The van der Waals surface area contributed by atoms with Gasteiger partial charge < -0.3 is 16.2 Å². The third kappa shape index (κ3) is 5.87. The van der Waals surface area contributed by atoms with Crippen LogP contribution in [-0.2, 0) is 0 Å². The molecule has 2 rings (SSSR count). The first-order valence-corrected chi connectivity index (χ1v) is 7.53. The molecule has 1 amide bonds. The van der Waals surface area contributed by atoms with E-state index in [4.69, 9.17) is 5.73 Å². The lowest BCUT2D eigenvalue weighted by Crippen LogP contribution is -2.11. The van der Waals surface area contributed by atoms with Crippen LogP contribution in [0.25, 0.3) is 0 Å². The van der Waals surface area contributed by atoms with E-state index in [9.17, 15) is 9.90 Å². The van der Waals surface area contributed by atoms with Gasteiger partial charge in [-0.1, -0.05) is 45.4 Å². The molecular weight excluding hydrogens is 276 g/mol. The molecule has 2 aromatic carbocycles. The van der Waals surface area contributed by atoms with Crippen LogP contribution in [0, 0.1) is 6.92 Å². The molecule has 0 saturated carbocycles. The van der Waals surface area contributed by atoms with E-state index in [0.29, 0.717) is 11.3 Å². The Morgan fingerprint density at radius 3 is 2.05 bits per heavy atom. The van der Waals surface area contributed by atoms with Gasteiger partial charge in [-0.15, -0.1) is 0 Å². The SMILES string of the molecule is CC.CC.Cc1ccc(C(=O)Nc2ccc(O)c(N)c2)cc1.